The number of hydrogen-bond acceptors (Lipinski definition) is 3. The molecule has 0 spiro atoms. The molecule has 1 heterocycles. The molecule has 1 aliphatic carbocycles. The molecule has 6 nitrogen and oxygen atoms in total. The SMILES string of the molecule is CC(C)CC[C@]1(C)NC(=O)N(CC(=O)NC2CCCCC2)C1=O. The highest BCUT2D eigenvalue weighted by Gasteiger charge is 2.47. The summed E-state index contributed by atoms with van der Waals surface area (Å²) >= 11 is 0. The molecule has 0 aromatic carbocycles. The molecule has 1 saturated heterocycles. The molecule has 2 aliphatic rings. The highest BCUT2D eigenvalue weighted by molar-refractivity contribution is 6.08. The van der Waals surface area contributed by atoms with E-state index < -0.39 is 11.6 Å². The molecule has 2 rings (SSSR count). The molecule has 0 bridgehead atoms. The molecule has 6 heteroatoms. The third-order valence-corrected chi connectivity index (χ3v) is 4.84. The summed E-state index contributed by atoms with van der Waals surface area (Å²) in [5, 5.41) is 5.70. The van der Waals surface area contributed by atoms with Gasteiger partial charge in [-0.25, -0.2) is 4.79 Å². The Bertz CT molecular complexity index is 472. The lowest BCUT2D eigenvalue weighted by molar-refractivity contribution is -0.135. The highest BCUT2D eigenvalue weighted by Crippen LogP contribution is 2.24. The van der Waals surface area contributed by atoms with Crippen LogP contribution in [-0.4, -0.2) is 40.9 Å². The smallest absolute Gasteiger partial charge is 0.325 e. The fourth-order valence-corrected chi connectivity index (χ4v) is 3.30. The number of nitrogens with zero attached hydrogens (tertiary/aromatic N) is 1. The Morgan fingerprint density at radius 2 is 1.96 bits per heavy atom. The van der Waals surface area contributed by atoms with Crippen LogP contribution in [0.4, 0.5) is 4.79 Å². The molecule has 4 amide bonds. The zero-order valence-corrected chi connectivity index (χ0v) is 14.5. The maximum Gasteiger partial charge on any atom is 0.325 e. The molecule has 1 aliphatic heterocycles. The fourth-order valence-electron chi connectivity index (χ4n) is 3.30. The van der Waals surface area contributed by atoms with Gasteiger partial charge in [0.25, 0.3) is 5.91 Å². The Labute approximate surface area is 138 Å². The molecule has 2 N–H and O–H groups in total. The van der Waals surface area contributed by atoms with E-state index in [1.54, 1.807) is 6.92 Å². The van der Waals surface area contributed by atoms with Crippen molar-refractivity contribution < 1.29 is 14.4 Å². The van der Waals surface area contributed by atoms with Gasteiger partial charge in [0.15, 0.2) is 0 Å². The van der Waals surface area contributed by atoms with E-state index in [1.807, 2.05) is 0 Å². The van der Waals surface area contributed by atoms with Gasteiger partial charge < -0.3 is 10.6 Å². The van der Waals surface area contributed by atoms with Gasteiger partial charge in [-0.2, -0.15) is 0 Å². The van der Waals surface area contributed by atoms with Crippen molar-refractivity contribution in [2.75, 3.05) is 6.54 Å². The Morgan fingerprint density at radius 3 is 2.57 bits per heavy atom. The molecule has 1 saturated carbocycles. The first-order valence-electron chi connectivity index (χ1n) is 8.75. The van der Waals surface area contributed by atoms with E-state index in [9.17, 15) is 14.4 Å². The normalized spacial score (nSPS) is 25.8. The van der Waals surface area contributed by atoms with Crippen LogP contribution in [0.2, 0.25) is 0 Å². The van der Waals surface area contributed by atoms with Crippen LogP contribution in [0.3, 0.4) is 0 Å². The van der Waals surface area contributed by atoms with Crippen molar-refractivity contribution in [1.29, 1.82) is 0 Å². The zero-order valence-electron chi connectivity index (χ0n) is 14.5. The molecule has 23 heavy (non-hydrogen) atoms. The average molecular weight is 323 g/mol. The average Bonchev–Trinajstić information content (AvgIpc) is 2.70. The van der Waals surface area contributed by atoms with E-state index in [0.717, 1.165) is 37.0 Å². The van der Waals surface area contributed by atoms with Gasteiger partial charge in [-0.15, -0.1) is 0 Å². The minimum absolute atomic E-state index is 0.182. The summed E-state index contributed by atoms with van der Waals surface area (Å²) in [6.07, 6.45) is 6.88. The van der Waals surface area contributed by atoms with Gasteiger partial charge in [0.05, 0.1) is 0 Å². The minimum Gasteiger partial charge on any atom is -0.352 e. The van der Waals surface area contributed by atoms with Crippen molar-refractivity contribution in [3.8, 4) is 0 Å². The number of urea groups is 1. The van der Waals surface area contributed by atoms with E-state index in [1.165, 1.54) is 6.42 Å². The molecule has 0 aromatic heterocycles. The van der Waals surface area contributed by atoms with Gasteiger partial charge in [0.1, 0.15) is 12.1 Å². The van der Waals surface area contributed by atoms with Crippen LogP contribution in [0.5, 0.6) is 0 Å². The first-order valence-corrected chi connectivity index (χ1v) is 8.75. The van der Waals surface area contributed by atoms with Crippen molar-refractivity contribution in [2.24, 2.45) is 5.92 Å². The summed E-state index contributed by atoms with van der Waals surface area (Å²) in [6.45, 7) is 5.73. The van der Waals surface area contributed by atoms with E-state index >= 15 is 0 Å². The van der Waals surface area contributed by atoms with Crippen molar-refractivity contribution in [1.82, 2.24) is 15.5 Å². The van der Waals surface area contributed by atoms with Crippen molar-refractivity contribution in [2.45, 2.75) is 77.3 Å². The Hall–Kier alpha value is -1.59. The summed E-state index contributed by atoms with van der Waals surface area (Å²) < 4.78 is 0. The van der Waals surface area contributed by atoms with Gasteiger partial charge in [0.2, 0.25) is 5.91 Å². The van der Waals surface area contributed by atoms with Gasteiger partial charge in [0, 0.05) is 6.04 Å². The van der Waals surface area contributed by atoms with Gasteiger partial charge in [-0.1, -0.05) is 33.1 Å². The van der Waals surface area contributed by atoms with E-state index in [2.05, 4.69) is 24.5 Å². The van der Waals surface area contributed by atoms with Crippen LogP contribution >= 0.6 is 0 Å². The quantitative estimate of drug-likeness (QED) is 0.735. The molecule has 0 aromatic rings. The minimum atomic E-state index is -0.882. The number of imide groups is 1. The Morgan fingerprint density at radius 1 is 1.30 bits per heavy atom. The van der Waals surface area contributed by atoms with Crippen LogP contribution in [0.25, 0.3) is 0 Å². The first-order chi connectivity index (χ1) is 10.8. The predicted octanol–water partition coefficient (Wildman–Crippen LogP) is 2.18. The van der Waals surface area contributed by atoms with Crippen LogP contribution in [0.15, 0.2) is 0 Å². The fraction of sp³-hybridized carbons (Fsp3) is 0.824. The standard InChI is InChI=1S/C17H29N3O3/c1-12(2)9-10-17(3)15(22)20(16(23)19-17)11-14(21)18-13-7-5-4-6-8-13/h12-13H,4-11H2,1-3H3,(H,18,21)(H,19,23)/t17-/m0/s1. The highest BCUT2D eigenvalue weighted by atomic mass is 16.2. The van der Waals surface area contributed by atoms with E-state index in [-0.39, 0.29) is 24.4 Å². The lowest BCUT2D eigenvalue weighted by atomic mass is 9.92. The van der Waals surface area contributed by atoms with E-state index in [0.29, 0.717) is 12.3 Å². The lowest BCUT2D eigenvalue weighted by Gasteiger charge is -2.24. The summed E-state index contributed by atoms with van der Waals surface area (Å²) in [6, 6.07) is -0.274. The lowest BCUT2D eigenvalue weighted by Crippen LogP contribution is -2.46. The topological polar surface area (TPSA) is 78.5 Å². The first kappa shape index (κ1) is 17.8. The number of nitrogens with one attached hydrogen (secondary N) is 2. The predicted molar refractivity (Wildman–Crippen MR) is 87.7 cm³/mol. The van der Waals surface area contributed by atoms with Crippen LogP contribution in [0, 0.1) is 5.92 Å². The maximum atomic E-state index is 12.5. The molecule has 0 unspecified atom stereocenters. The van der Waals surface area contributed by atoms with Gasteiger partial charge >= 0.3 is 6.03 Å². The number of rotatable bonds is 6. The summed E-state index contributed by atoms with van der Waals surface area (Å²) in [5.41, 5.74) is -0.882. The molecule has 2 fully saturated rings. The summed E-state index contributed by atoms with van der Waals surface area (Å²) in [7, 11) is 0. The number of carbonyl (C=O) groups is 3. The van der Waals surface area contributed by atoms with Crippen LogP contribution in [0.1, 0.15) is 65.7 Å². The second-order valence-electron chi connectivity index (χ2n) is 7.49. The third-order valence-electron chi connectivity index (χ3n) is 4.84. The second kappa shape index (κ2) is 7.32. The van der Waals surface area contributed by atoms with E-state index in [4.69, 9.17) is 0 Å². The van der Waals surface area contributed by atoms with Gasteiger partial charge in [-0.05, 0) is 38.5 Å². The van der Waals surface area contributed by atoms with Crippen LogP contribution in [-0.2, 0) is 9.59 Å². The molecular formula is C17H29N3O3. The second-order valence-corrected chi connectivity index (χ2v) is 7.49. The maximum absolute atomic E-state index is 12.5. The zero-order chi connectivity index (χ0) is 17.0. The molecular weight excluding hydrogens is 294 g/mol. The summed E-state index contributed by atoms with van der Waals surface area (Å²) in [5.74, 6) is -0.0735. The Balaban J connectivity index is 1.90. The third kappa shape index (κ3) is 4.45. The number of amides is 4. The number of carbonyl (C=O) groups excluding carboxylic acids is 3. The van der Waals surface area contributed by atoms with Crippen molar-refractivity contribution in [3.63, 3.8) is 0 Å². The molecule has 0 radical (unpaired) electrons. The van der Waals surface area contributed by atoms with Gasteiger partial charge in [-0.3, -0.25) is 14.5 Å². The van der Waals surface area contributed by atoms with Crippen LogP contribution < -0.4 is 10.6 Å². The summed E-state index contributed by atoms with van der Waals surface area (Å²) in [4.78, 5) is 37.8. The van der Waals surface area contributed by atoms with Crippen molar-refractivity contribution in [3.05, 3.63) is 0 Å². The number of hydrogen-bond donors (Lipinski definition) is 2. The largest absolute Gasteiger partial charge is 0.352 e. The monoisotopic (exact) mass is 323 g/mol. The molecule has 1 atom stereocenters. The Kier molecular flexibility index (Phi) is 5.65. The molecule has 130 valence electrons. The van der Waals surface area contributed by atoms with Crippen molar-refractivity contribution >= 4 is 17.8 Å².